The van der Waals surface area contributed by atoms with Gasteiger partial charge in [0.15, 0.2) is 0 Å². The summed E-state index contributed by atoms with van der Waals surface area (Å²) in [7, 11) is 0. The van der Waals surface area contributed by atoms with Gasteiger partial charge in [0.1, 0.15) is 42.2 Å². The van der Waals surface area contributed by atoms with Crippen molar-refractivity contribution in [3.63, 3.8) is 0 Å². The summed E-state index contributed by atoms with van der Waals surface area (Å²) in [5.74, 6) is -1.67. The molecule has 0 aliphatic carbocycles. The first-order valence-electron chi connectivity index (χ1n) is 9.15. The summed E-state index contributed by atoms with van der Waals surface area (Å²) in [6, 6.07) is 11.7. The second-order valence-electron chi connectivity index (χ2n) is 7.14. The van der Waals surface area contributed by atoms with Crippen molar-refractivity contribution in [1.82, 2.24) is 0 Å². The monoisotopic (exact) mass is 422 g/mol. The minimum absolute atomic E-state index is 0.139. The zero-order chi connectivity index (χ0) is 20.7. The van der Waals surface area contributed by atoms with E-state index in [2.05, 4.69) is 0 Å². The molecule has 3 aromatic rings. The quantitative estimate of drug-likeness (QED) is 0.518. The van der Waals surface area contributed by atoms with Gasteiger partial charge in [-0.3, -0.25) is 0 Å². The van der Waals surface area contributed by atoms with Gasteiger partial charge in [0, 0.05) is 27.6 Å². The predicted molar refractivity (Wildman–Crippen MR) is 104 cm³/mol. The molecule has 5 atom stereocenters. The maximum Gasteiger partial charge on any atom is 0.132 e. The molecular weight excluding hydrogens is 402 g/mol. The lowest BCUT2D eigenvalue weighted by Crippen LogP contribution is -2.55. The van der Waals surface area contributed by atoms with Crippen molar-refractivity contribution >= 4 is 21.4 Å². The van der Waals surface area contributed by atoms with Gasteiger partial charge in [0.05, 0.1) is 6.61 Å². The van der Waals surface area contributed by atoms with Crippen LogP contribution in [0.5, 0.6) is 0 Å². The Morgan fingerprint density at radius 3 is 2.41 bits per heavy atom. The highest BCUT2D eigenvalue weighted by Crippen LogP contribution is 2.35. The second-order valence-corrected chi connectivity index (χ2v) is 8.31. The Balaban J connectivity index is 1.68. The molecule has 2 heterocycles. The number of fused-ring (bicyclic) bond motifs is 1. The SMILES string of the molecule is OCC1OC(c2cc(Cc3cc4ccccc4s3)c(F)cc2F)[C@H](O)[C@@H](O)[C@@H]1O. The Morgan fingerprint density at radius 2 is 1.69 bits per heavy atom. The molecule has 2 unspecified atom stereocenters. The lowest BCUT2D eigenvalue weighted by molar-refractivity contribution is -0.232. The van der Waals surface area contributed by atoms with E-state index in [0.29, 0.717) is 0 Å². The van der Waals surface area contributed by atoms with Crippen molar-refractivity contribution in [2.24, 2.45) is 0 Å². The van der Waals surface area contributed by atoms with Crippen LogP contribution in [-0.4, -0.2) is 51.4 Å². The van der Waals surface area contributed by atoms with Crippen LogP contribution in [-0.2, 0) is 11.2 Å². The molecule has 1 fully saturated rings. The van der Waals surface area contributed by atoms with E-state index in [-0.39, 0.29) is 17.5 Å². The minimum Gasteiger partial charge on any atom is -0.394 e. The van der Waals surface area contributed by atoms with Crippen molar-refractivity contribution in [2.75, 3.05) is 6.61 Å². The molecular formula is C21H20F2O5S. The number of benzene rings is 2. The first-order valence-corrected chi connectivity index (χ1v) is 9.96. The molecule has 0 saturated carbocycles. The van der Waals surface area contributed by atoms with Crippen LogP contribution in [0.25, 0.3) is 10.1 Å². The van der Waals surface area contributed by atoms with Crippen molar-refractivity contribution in [3.8, 4) is 0 Å². The van der Waals surface area contributed by atoms with Gasteiger partial charge in [-0.05, 0) is 29.1 Å². The van der Waals surface area contributed by atoms with Gasteiger partial charge in [-0.1, -0.05) is 18.2 Å². The molecule has 0 bridgehead atoms. The van der Waals surface area contributed by atoms with Crippen LogP contribution in [0.4, 0.5) is 8.78 Å². The third-order valence-electron chi connectivity index (χ3n) is 5.21. The van der Waals surface area contributed by atoms with E-state index in [1.54, 1.807) is 0 Å². The number of rotatable bonds is 4. The number of thiophene rings is 1. The first-order chi connectivity index (χ1) is 13.9. The summed E-state index contributed by atoms with van der Waals surface area (Å²) in [5, 5.41) is 40.5. The fraction of sp³-hybridized carbons (Fsp3) is 0.333. The van der Waals surface area contributed by atoms with Crippen molar-refractivity contribution in [1.29, 1.82) is 0 Å². The smallest absolute Gasteiger partial charge is 0.132 e. The van der Waals surface area contributed by atoms with Gasteiger partial charge in [-0.25, -0.2) is 8.78 Å². The van der Waals surface area contributed by atoms with Crippen LogP contribution < -0.4 is 0 Å². The maximum absolute atomic E-state index is 14.5. The summed E-state index contributed by atoms with van der Waals surface area (Å²) >= 11 is 1.50. The topological polar surface area (TPSA) is 90.2 Å². The summed E-state index contributed by atoms with van der Waals surface area (Å²) in [6.45, 7) is -0.626. The largest absolute Gasteiger partial charge is 0.394 e. The molecule has 1 saturated heterocycles. The summed E-state index contributed by atoms with van der Waals surface area (Å²) in [6.07, 6.45) is -7.13. The van der Waals surface area contributed by atoms with Gasteiger partial charge < -0.3 is 25.2 Å². The molecule has 4 N–H and O–H groups in total. The van der Waals surface area contributed by atoms with Crippen molar-refractivity contribution < 1.29 is 33.9 Å². The second kappa shape index (κ2) is 8.06. The predicted octanol–water partition coefficient (Wildman–Crippen LogP) is 2.29. The molecule has 1 aliphatic rings. The molecule has 0 spiro atoms. The fourth-order valence-corrected chi connectivity index (χ4v) is 4.72. The van der Waals surface area contributed by atoms with E-state index in [0.717, 1.165) is 21.0 Å². The zero-order valence-electron chi connectivity index (χ0n) is 15.2. The van der Waals surface area contributed by atoms with Gasteiger partial charge >= 0.3 is 0 Å². The van der Waals surface area contributed by atoms with Crippen LogP contribution in [0.15, 0.2) is 42.5 Å². The van der Waals surface area contributed by atoms with E-state index in [4.69, 9.17) is 4.74 Å². The molecule has 29 heavy (non-hydrogen) atoms. The molecule has 0 amide bonds. The summed E-state index contributed by atoms with van der Waals surface area (Å²) in [4.78, 5) is 0.886. The van der Waals surface area contributed by atoms with E-state index >= 15 is 0 Å². The molecule has 0 radical (unpaired) electrons. The number of hydrogen-bond acceptors (Lipinski definition) is 6. The van der Waals surface area contributed by atoms with Crippen LogP contribution in [0.1, 0.15) is 22.1 Å². The highest BCUT2D eigenvalue weighted by atomic mass is 32.1. The average Bonchev–Trinajstić information content (AvgIpc) is 3.11. The maximum atomic E-state index is 14.5. The Morgan fingerprint density at radius 1 is 0.931 bits per heavy atom. The third-order valence-corrected chi connectivity index (χ3v) is 6.32. The van der Waals surface area contributed by atoms with Crippen LogP contribution in [0.2, 0.25) is 0 Å². The number of aliphatic hydroxyl groups excluding tert-OH is 4. The summed E-state index contributed by atoms with van der Waals surface area (Å²) in [5.41, 5.74) is 0.0735. The number of ether oxygens (including phenoxy) is 1. The molecule has 154 valence electrons. The molecule has 8 heteroatoms. The van der Waals surface area contributed by atoms with Gasteiger partial charge in [0.25, 0.3) is 0 Å². The lowest BCUT2D eigenvalue weighted by atomic mass is 9.90. The van der Waals surface area contributed by atoms with Gasteiger partial charge in [-0.2, -0.15) is 0 Å². The number of halogens is 2. The minimum atomic E-state index is -1.64. The van der Waals surface area contributed by atoms with Crippen LogP contribution >= 0.6 is 11.3 Å². The summed E-state index contributed by atoms with van der Waals surface area (Å²) < 4.78 is 35.4. The highest BCUT2D eigenvalue weighted by Gasteiger charge is 2.44. The van der Waals surface area contributed by atoms with E-state index in [9.17, 15) is 29.2 Å². The molecule has 1 aromatic heterocycles. The standard InChI is InChI=1S/C21H20F2O5S/c22-14-8-15(23)13(21-20(27)19(26)18(25)16(9-24)28-21)7-11(14)6-12-5-10-3-1-2-4-17(10)29-12/h1-5,7-8,16,18-21,24-27H,6,9H2/t16?,18-,19+,20-,21?/m1/s1. The van der Waals surface area contributed by atoms with Gasteiger partial charge in [0.2, 0.25) is 0 Å². The number of hydrogen-bond donors (Lipinski definition) is 4. The molecule has 1 aliphatic heterocycles. The van der Waals surface area contributed by atoms with Crippen molar-refractivity contribution in [2.45, 2.75) is 36.9 Å². The van der Waals surface area contributed by atoms with E-state index < -0.39 is 48.8 Å². The Hall–Kier alpha value is -1.94. The fourth-order valence-electron chi connectivity index (χ4n) is 3.64. The molecule has 2 aromatic carbocycles. The third kappa shape index (κ3) is 3.79. The Kier molecular flexibility index (Phi) is 5.65. The Labute approximate surface area is 169 Å². The Bertz CT molecular complexity index is 988. The highest BCUT2D eigenvalue weighted by molar-refractivity contribution is 7.19. The first kappa shape index (κ1) is 20.3. The number of aliphatic hydroxyl groups is 4. The van der Waals surface area contributed by atoms with Gasteiger partial charge in [-0.15, -0.1) is 11.3 Å². The zero-order valence-corrected chi connectivity index (χ0v) is 16.0. The van der Waals surface area contributed by atoms with Crippen LogP contribution in [0.3, 0.4) is 0 Å². The van der Waals surface area contributed by atoms with E-state index in [1.165, 1.54) is 17.4 Å². The van der Waals surface area contributed by atoms with Crippen LogP contribution in [0, 0.1) is 11.6 Å². The molecule has 5 nitrogen and oxygen atoms in total. The van der Waals surface area contributed by atoms with E-state index in [1.807, 2.05) is 30.3 Å². The molecule has 4 rings (SSSR count). The van der Waals surface area contributed by atoms with Crippen molar-refractivity contribution in [3.05, 3.63) is 70.1 Å². The normalized spacial score (nSPS) is 27.4. The lowest BCUT2D eigenvalue weighted by Gasteiger charge is -2.40. The average molecular weight is 422 g/mol.